The monoisotopic (exact) mass is 744 g/mol. The number of benzene rings is 1. The Balaban J connectivity index is 0.850. The normalized spacial score (nSPS) is 22.5. The molecule has 4 aliphatic rings. The van der Waals surface area contributed by atoms with Crippen LogP contribution in [0.2, 0.25) is 5.02 Å². The Morgan fingerprint density at radius 1 is 1.06 bits per heavy atom. The first-order chi connectivity index (χ1) is 25.6. The highest BCUT2D eigenvalue weighted by molar-refractivity contribution is 6.33. The third-order valence-electron chi connectivity index (χ3n) is 10.8. The Bertz CT molecular complexity index is 1970. The van der Waals surface area contributed by atoms with Gasteiger partial charge in [0, 0.05) is 69.5 Å². The summed E-state index contributed by atoms with van der Waals surface area (Å²) in [5.41, 5.74) is 3.68. The van der Waals surface area contributed by atoms with Crippen LogP contribution in [0.25, 0.3) is 11.2 Å². The van der Waals surface area contributed by atoms with Gasteiger partial charge in [-0.3, -0.25) is 39.1 Å². The van der Waals surface area contributed by atoms with E-state index in [9.17, 15) is 24.0 Å². The largest absolute Gasteiger partial charge is 0.383 e. The maximum absolute atomic E-state index is 13.4. The van der Waals surface area contributed by atoms with Gasteiger partial charge < -0.3 is 20.9 Å². The number of aromatic nitrogens is 3. The van der Waals surface area contributed by atoms with Crippen molar-refractivity contribution in [3.63, 3.8) is 0 Å². The number of piperazine rings is 1. The minimum atomic E-state index is -1.01. The summed E-state index contributed by atoms with van der Waals surface area (Å²) >= 11 is 6.41. The van der Waals surface area contributed by atoms with E-state index in [4.69, 9.17) is 16.6 Å². The van der Waals surface area contributed by atoms with Crippen LogP contribution in [-0.4, -0.2) is 123 Å². The Hall–Kier alpha value is -4.86. The summed E-state index contributed by atoms with van der Waals surface area (Å²) in [4.78, 5) is 73.6. The smallest absolute Gasteiger partial charge is 0.264 e. The Morgan fingerprint density at radius 3 is 2.60 bits per heavy atom. The van der Waals surface area contributed by atoms with Crippen LogP contribution >= 0.6 is 11.6 Å². The SMILES string of the molecule is C/C=C(\CC)c1cc(N[C@H]2CC[C@H](NCC(=O)N3CCN(CCNc4cccc5c4C(=O)N(C4CCC(=O)NC4=O)C5=O)CC3)C2)n2ncc(Cl)c2n1. The fourth-order valence-corrected chi connectivity index (χ4v) is 7.98. The highest BCUT2D eigenvalue weighted by atomic mass is 35.5. The lowest BCUT2D eigenvalue weighted by Crippen LogP contribution is -2.54. The van der Waals surface area contributed by atoms with E-state index >= 15 is 0 Å². The van der Waals surface area contributed by atoms with E-state index in [1.165, 1.54) is 0 Å². The molecule has 3 fully saturated rings. The molecule has 3 atom stereocenters. The Labute approximate surface area is 312 Å². The van der Waals surface area contributed by atoms with Gasteiger partial charge in [0.2, 0.25) is 17.7 Å². The number of piperidine rings is 1. The summed E-state index contributed by atoms with van der Waals surface area (Å²) in [6, 6.07) is 6.51. The van der Waals surface area contributed by atoms with Gasteiger partial charge >= 0.3 is 0 Å². The zero-order chi connectivity index (χ0) is 37.2. The minimum absolute atomic E-state index is 0.0711. The fraction of sp³-hybridized carbons (Fsp3) is 0.486. The first-order valence-electron chi connectivity index (χ1n) is 18.4. The summed E-state index contributed by atoms with van der Waals surface area (Å²) < 4.78 is 1.75. The lowest BCUT2D eigenvalue weighted by Gasteiger charge is -2.35. The van der Waals surface area contributed by atoms with E-state index in [1.54, 1.807) is 28.9 Å². The molecule has 5 heterocycles. The predicted octanol–water partition coefficient (Wildman–Crippen LogP) is 2.78. The molecule has 1 saturated carbocycles. The van der Waals surface area contributed by atoms with Crippen molar-refractivity contribution < 1.29 is 24.0 Å². The zero-order valence-electron chi connectivity index (χ0n) is 30.0. The average Bonchev–Trinajstić information content (AvgIpc) is 3.84. The van der Waals surface area contributed by atoms with E-state index in [0.29, 0.717) is 49.1 Å². The van der Waals surface area contributed by atoms with Gasteiger partial charge in [-0.2, -0.15) is 9.61 Å². The topological polar surface area (TPSA) is 173 Å². The van der Waals surface area contributed by atoms with Crippen LogP contribution in [0, 0.1) is 0 Å². The molecule has 2 saturated heterocycles. The van der Waals surface area contributed by atoms with E-state index in [0.717, 1.165) is 60.8 Å². The van der Waals surface area contributed by atoms with Crippen LogP contribution < -0.4 is 21.3 Å². The summed E-state index contributed by atoms with van der Waals surface area (Å²) in [5.74, 6) is -1.16. The predicted molar refractivity (Wildman–Crippen MR) is 200 cm³/mol. The van der Waals surface area contributed by atoms with Crippen LogP contribution in [0.4, 0.5) is 11.5 Å². The molecular formula is C37H45ClN10O5. The quantitative estimate of drug-likeness (QED) is 0.201. The standard InChI is InChI=1S/C37H45ClN10O5/c1-3-22(4-2)28-19-30(48-34(43-28)26(38)20-41-48)42-24-9-8-23(18-24)40-21-32(50)46-16-14-45(15-17-46)13-12-39-27-7-5-6-25-33(27)37(53)47(36(25)52)29-10-11-31(49)44-35(29)51/h3,5-7,19-20,23-24,29,39-40,42H,4,8-18,21H2,1-2H3,(H,44,49,51)/b22-3+/t23-,24-,29?/m0/s1. The van der Waals surface area contributed by atoms with Gasteiger partial charge in [0.1, 0.15) is 16.9 Å². The molecule has 7 rings (SSSR count). The number of allylic oxidation sites excluding steroid dienone is 2. The molecule has 1 aliphatic carbocycles. The molecule has 0 radical (unpaired) electrons. The summed E-state index contributed by atoms with van der Waals surface area (Å²) in [5, 5.41) is 17.6. The fourth-order valence-electron chi connectivity index (χ4n) is 7.82. The second-order valence-corrected chi connectivity index (χ2v) is 14.4. The molecule has 0 bridgehead atoms. The van der Waals surface area contributed by atoms with Crippen LogP contribution in [-0.2, 0) is 14.4 Å². The average molecular weight is 745 g/mol. The number of amides is 5. The van der Waals surface area contributed by atoms with Crippen molar-refractivity contribution in [3.05, 3.63) is 58.4 Å². The molecule has 1 aromatic carbocycles. The van der Waals surface area contributed by atoms with Gasteiger partial charge in [0.05, 0.1) is 29.6 Å². The van der Waals surface area contributed by atoms with Crippen molar-refractivity contribution in [2.45, 2.75) is 70.5 Å². The van der Waals surface area contributed by atoms with Gasteiger partial charge in [0.25, 0.3) is 11.8 Å². The van der Waals surface area contributed by atoms with Crippen molar-refractivity contribution in [2.24, 2.45) is 0 Å². The molecular weight excluding hydrogens is 700 g/mol. The molecule has 2 aromatic heterocycles. The van der Waals surface area contributed by atoms with Crippen LogP contribution in [0.5, 0.6) is 0 Å². The second kappa shape index (κ2) is 15.6. The van der Waals surface area contributed by atoms with Gasteiger partial charge in [-0.1, -0.05) is 30.7 Å². The first kappa shape index (κ1) is 36.5. The third-order valence-corrected chi connectivity index (χ3v) is 11.0. The molecule has 3 aliphatic heterocycles. The number of nitrogens with one attached hydrogen (secondary N) is 4. The lowest BCUT2D eigenvalue weighted by molar-refractivity contribution is -0.136. The van der Waals surface area contributed by atoms with Crippen molar-refractivity contribution in [2.75, 3.05) is 56.4 Å². The highest BCUT2D eigenvalue weighted by Gasteiger charge is 2.45. The molecule has 280 valence electrons. The Morgan fingerprint density at radius 2 is 1.85 bits per heavy atom. The maximum atomic E-state index is 13.4. The van der Waals surface area contributed by atoms with Gasteiger partial charge in [0.15, 0.2) is 5.65 Å². The number of hydrogen-bond donors (Lipinski definition) is 4. The molecule has 0 spiro atoms. The van der Waals surface area contributed by atoms with Crippen molar-refractivity contribution >= 4 is 63.9 Å². The number of anilines is 2. The van der Waals surface area contributed by atoms with Crippen LogP contribution in [0.15, 0.2) is 36.5 Å². The molecule has 5 amide bonds. The van der Waals surface area contributed by atoms with E-state index in [-0.39, 0.29) is 42.0 Å². The van der Waals surface area contributed by atoms with Crippen LogP contribution in [0.3, 0.4) is 0 Å². The molecule has 53 heavy (non-hydrogen) atoms. The van der Waals surface area contributed by atoms with E-state index < -0.39 is 29.7 Å². The number of carbonyl (C=O) groups is 5. The number of fused-ring (bicyclic) bond motifs is 2. The van der Waals surface area contributed by atoms with Gasteiger partial charge in [-0.15, -0.1) is 0 Å². The second-order valence-electron chi connectivity index (χ2n) is 14.0. The van der Waals surface area contributed by atoms with Crippen molar-refractivity contribution in [1.82, 2.24) is 39.9 Å². The molecule has 3 aromatic rings. The van der Waals surface area contributed by atoms with Gasteiger partial charge in [-0.25, -0.2) is 4.98 Å². The number of halogens is 1. The first-order valence-corrected chi connectivity index (χ1v) is 18.8. The van der Waals surface area contributed by atoms with Crippen LogP contribution in [0.1, 0.15) is 78.8 Å². The Kier molecular flexibility index (Phi) is 10.8. The summed E-state index contributed by atoms with van der Waals surface area (Å²) in [7, 11) is 0. The third kappa shape index (κ3) is 7.50. The molecule has 15 nitrogen and oxygen atoms in total. The van der Waals surface area contributed by atoms with E-state index in [2.05, 4.69) is 44.3 Å². The summed E-state index contributed by atoms with van der Waals surface area (Å²) in [6.07, 6.45) is 7.54. The van der Waals surface area contributed by atoms with E-state index in [1.807, 2.05) is 17.9 Å². The highest BCUT2D eigenvalue weighted by Crippen LogP contribution is 2.33. The van der Waals surface area contributed by atoms with Crippen molar-refractivity contribution in [3.8, 4) is 0 Å². The number of imide groups is 2. The summed E-state index contributed by atoms with van der Waals surface area (Å²) in [6.45, 7) is 8.33. The lowest BCUT2D eigenvalue weighted by atomic mass is 10.0. The maximum Gasteiger partial charge on any atom is 0.264 e. The number of hydrogen-bond acceptors (Lipinski definition) is 11. The number of rotatable bonds is 12. The molecule has 1 unspecified atom stereocenters. The van der Waals surface area contributed by atoms with Crippen molar-refractivity contribution in [1.29, 1.82) is 0 Å². The molecule has 4 N–H and O–H groups in total. The molecule has 16 heteroatoms. The van der Waals surface area contributed by atoms with Gasteiger partial charge in [-0.05, 0) is 56.7 Å². The number of carbonyl (C=O) groups excluding carboxylic acids is 5. The zero-order valence-corrected chi connectivity index (χ0v) is 30.7. The number of nitrogens with zero attached hydrogens (tertiary/aromatic N) is 6. The minimum Gasteiger partial charge on any atom is -0.383 e.